The summed E-state index contributed by atoms with van der Waals surface area (Å²) in [5, 5.41) is 9.65. The number of nitrogens with zero attached hydrogens (tertiary/aromatic N) is 2. The monoisotopic (exact) mass is 286 g/mol. The van der Waals surface area contributed by atoms with Crippen LogP contribution in [0.25, 0.3) is 11.0 Å². The van der Waals surface area contributed by atoms with Crippen molar-refractivity contribution in [2.45, 2.75) is 46.1 Å². The zero-order valence-electron chi connectivity index (χ0n) is 12.8. The summed E-state index contributed by atoms with van der Waals surface area (Å²) in [5.74, 6) is 0.228. The van der Waals surface area contributed by atoms with Crippen molar-refractivity contribution in [2.75, 3.05) is 0 Å². The molecule has 4 heteroatoms. The molecule has 0 radical (unpaired) electrons. The average molecular weight is 286 g/mol. The maximum absolute atomic E-state index is 11.7. The Morgan fingerprint density at radius 2 is 2.10 bits per heavy atom. The molecule has 3 rings (SSSR count). The van der Waals surface area contributed by atoms with Gasteiger partial charge in [-0.2, -0.15) is 0 Å². The number of imidazole rings is 1. The van der Waals surface area contributed by atoms with Crippen molar-refractivity contribution < 1.29 is 9.90 Å². The normalized spacial score (nSPS) is 18.1. The van der Waals surface area contributed by atoms with E-state index in [-0.39, 0.29) is 5.92 Å². The molecule has 1 aliphatic rings. The number of aromatic nitrogens is 2. The van der Waals surface area contributed by atoms with E-state index in [1.54, 1.807) is 0 Å². The molecule has 1 unspecified atom stereocenters. The van der Waals surface area contributed by atoms with Gasteiger partial charge in [0.2, 0.25) is 0 Å². The predicted octanol–water partition coefficient (Wildman–Crippen LogP) is 3.66. The smallest absolute Gasteiger partial charge is 0.310 e. The molecule has 1 N–H and O–H groups in total. The summed E-state index contributed by atoms with van der Waals surface area (Å²) in [6.45, 7) is 5.77. The molecule has 1 fully saturated rings. The lowest BCUT2D eigenvalue weighted by Crippen LogP contribution is -2.36. The first-order chi connectivity index (χ1) is 9.93. The molecule has 0 aliphatic heterocycles. The highest BCUT2D eigenvalue weighted by molar-refractivity contribution is 5.77. The standard InChI is InChI=1S/C17H22N2O2/c1-11(2)17(3,16(20)21)10-15-18-13-6-4-5-7-14(13)19(15)12-8-9-12/h4-7,11-12H,8-10H2,1-3H3,(H,20,21). The van der Waals surface area contributed by atoms with Crippen LogP contribution < -0.4 is 0 Å². The first-order valence-electron chi connectivity index (χ1n) is 7.62. The number of fused-ring (bicyclic) bond motifs is 1. The van der Waals surface area contributed by atoms with Crippen molar-refractivity contribution in [2.24, 2.45) is 11.3 Å². The van der Waals surface area contributed by atoms with Crippen LogP contribution in [-0.2, 0) is 11.2 Å². The topological polar surface area (TPSA) is 55.1 Å². The second-order valence-electron chi connectivity index (χ2n) is 6.67. The lowest BCUT2D eigenvalue weighted by atomic mass is 9.76. The molecule has 0 saturated heterocycles. The Morgan fingerprint density at radius 1 is 1.43 bits per heavy atom. The summed E-state index contributed by atoms with van der Waals surface area (Å²) in [6.07, 6.45) is 2.81. The van der Waals surface area contributed by atoms with E-state index in [1.165, 1.54) is 12.8 Å². The van der Waals surface area contributed by atoms with Crippen LogP contribution in [0.15, 0.2) is 24.3 Å². The number of hydrogen-bond acceptors (Lipinski definition) is 2. The second-order valence-corrected chi connectivity index (χ2v) is 6.67. The number of benzene rings is 1. The van der Waals surface area contributed by atoms with Crippen LogP contribution in [0.1, 0.15) is 45.5 Å². The van der Waals surface area contributed by atoms with Crippen molar-refractivity contribution in [3.05, 3.63) is 30.1 Å². The number of carboxylic acid groups (broad SMARTS) is 1. The summed E-state index contributed by atoms with van der Waals surface area (Å²) < 4.78 is 2.26. The number of hydrogen-bond donors (Lipinski definition) is 1. The summed E-state index contributed by atoms with van der Waals surface area (Å²) in [7, 11) is 0. The van der Waals surface area contributed by atoms with Gasteiger partial charge in [-0.1, -0.05) is 26.0 Å². The van der Waals surface area contributed by atoms with Gasteiger partial charge in [0.1, 0.15) is 5.82 Å². The van der Waals surface area contributed by atoms with E-state index in [4.69, 9.17) is 4.98 Å². The quantitative estimate of drug-likeness (QED) is 0.912. The molecule has 2 aromatic rings. The van der Waals surface area contributed by atoms with Crippen molar-refractivity contribution in [3.8, 4) is 0 Å². The first kappa shape index (κ1) is 14.1. The van der Waals surface area contributed by atoms with Crippen molar-refractivity contribution >= 4 is 17.0 Å². The lowest BCUT2D eigenvalue weighted by molar-refractivity contribution is -0.150. The largest absolute Gasteiger partial charge is 0.481 e. The minimum absolute atomic E-state index is 0.0578. The molecular weight excluding hydrogens is 264 g/mol. The van der Waals surface area contributed by atoms with Crippen LogP contribution in [-0.4, -0.2) is 20.6 Å². The van der Waals surface area contributed by atoms with E-state index in [0.29, 0.717) is 12.5 Å². The Labute approximate surface area is 124 Å². The van der Waals surface area contributed by atoms with Crippen LogP contribution in [0.5, 0.6) is 0 Å². The maximum atomic E-state index is 11.7. The third kappa shape index (κ3) is 2.33. The van der Waals surface area contributed by atoms with Gasteiger partial charge in [0.15, 0.2) is 0 Å². The molecule has 1 aromatic heterocycles. The van der Waals surface area contributed by atoms with Crippen LogP contribution in [0, 0.1) is 11.3 Å². The Kier molecular flexibility index (Phi) is 3.27. The molecular formula is C17H22N2O2. The third-order valence-corrected chi connectivity index (χ3v) is 4.87. The SMILES string of the molecule is CC(C)C(C)(Cc1nc2ccccc2n1C1CC1)C(=O)O. The number of carboxylic acids is 1. The van der Waals surface area contributed by atoms with Gasteiger partial charge in [0.25, 0.3) is 0 Å². The minimum atomic E-state index is -0.784. The van der Waals surface area contributed by atoms with E-state index in [9.17, 15) is 9.90 Å². The summed E-state index contributed by atoms with van der Waals surface area (Å²) in [4.78, 5) is 16.5. The van der Waals surface area contributed by atoms with Crippen LogP contribution in [0.2, 0.25) is 0 Å². The van der Waals surface area contributed by atoms with Crippen molar-refractivity contribution in [1.82, 2.24) is 9.55 Å². The van der Waals surface area contributed by atoms with Gasteiger partial charge in [0.05, 0.1) is 16.4 Å². The summed E-state index contributed by atoms with van der Waals surface area (Å²) in [5.41, 5.74) is 1.32. The molecule has 0 spiro atoms. The Hall–Kier alpha value is -1.84. The average Bonchev–Trinajstić information content (AvgIpc) is 3.19. The number of aliphatic carboxylic acids is 1. The fourth-order valence-corrected chi connectivity index (χ4v) is 2.81. The fraction of sp³-hybridized carbons (Fsp3) is 0.529. The molecule has 0 amide bonds. The third-order valence-electron chi connectivity index (χ3n) is 4.87. The van der Waals surface area contributed by atoms with E-state index in [0.717, 1.165) is 16.9 Å². The zero-order chi connectivity index (χ0) is 15.2. The molecule has 1 heterocycles. The molecule has 1 saturated carbocycles. The summed E-state index contributed by atoms with van der Waals surface area (Å²) >= 11 is 0. The van der Waals surface area contributed by atoms with E-state index in [1.807, 2.05) is 39.0 Å². The molecule has 0 bridgehead atoms. The van der Waals surface area contributed by atoms with Crippen molar-refractivity contribution in [3.63, 3.8) is 0 Å². The molecule has 112 valence electrons. The highest BCUT2D eigenvalue weighted by Crippen LogP contribution is 2.41. The highest BCUT2D eigenvalue weighted by atomic mass is 16.4. The highest BCUT2D eigenvalue weighted by Gasteiger charge is 2.39. The zero-order valence-corrected chi connectivity index (χ0v) is 12.8. The Morgan fingerprint density at radius 3 is 2.67 bits per heavy atom. The van der Waals surface area contributed by atoms with Gasteiger partial charge in [-0.3, -0.25) is 4.79 Å². The molecule has 1 aromatic carbocycles. The Balaban J connectivity index is 2.08. The summed E-state index contributed by atoms with van der Waals surface area (Å²) in [6, 6.07) is 8.58. The van der Waals surface area contributed by atoms with Gasteiger partial charge in [-0.15, -0.1) is 0 Å². The van der Waals surface area contributed by atoms with Crippen LogP contribution in [0.3, 0.4) is 0 Å². The lowest BCUT2D eigenvalue weighted by Gasteiger charge is -2.29. The molecule has 4 nitrogen and oxygen atoms in total. The van der Waals surface area contributed by atoms with E-state index < -0.39 is 11.4 Å². The maximum Gasteiger partial charge on any atom is 0.310 e. The van der Waals surface area contributed by atoms with Crippen LogP contribution in [0.4, 0.5) is 0 Å². The number of para-hydroxylation sites is 2. The fourth-order valence-electron chi connectivity index (χ4n) is 2.81. The van der Waals surface area contributed by atoms with Crippen molar-refractivity contribution in [1.29, 1.82) is 0 Å². The van der Waals surface area contributed by atoms with Gasteiger partial charge in [0, 0.05) is 12.5 Å². The van der Waals surface area contributed by atoms with Gasteiger partial charge < -0.3 is 9.67 Å². The predicted molar refractivity (Wildman–Crippen MR) is 82.3 cm³/mol. The molecule has 1 aliphatic carbocycles. The number of rotatable bonds is 5. The van der Waals surface area contributed by atoms with E-state index in [2.05, 4.69) is 10.6 Å². The molecule has 21 heavy (non-hydrogen) atoms. The first-order valence-corrected chi connectivity index (χ1v) is 7.62. The minimum Gasteiger partial charge on any atom is -0.481 e. The molecule has 1 atom stereocenters. The Bertz CT molecular complexity index is 685. The van der Waals surface area contributed by atoms with Gasteiger partial charge in [-0.05, 0) is 37.8 Å². The number of carbonyl (C=O) groups is 1. The van der Waals surface area contributed by atoms with E-state index >= 15 is 0 Å². The van der Waals surface area contributed by atoms with Gasteiger partial charge >= 0.3 is 5.97 Å². The second kappa shape index (κ2) is 4.86. The van der Waals surface area contributed by atoms with Gasteiger partial charge in [-0.25, -0.2) is 4.98 Å². The van der Waals surface area contributed by atoms with Crippen LogP contribution >= 0.6 is 0 Å².